The van der Waals surface area contributed by atoms with Gasteiger partial charge in [-0.1, -0.05) is 0 Å². The number of carbonyl (C=O) groups is 1. The van der Waals surface area contributed by atoms with Gasteiger partial charge in [0.1, 0.15) is 23.6 Å². The lowest BCUT2D eigenvalue weighted by Crippen LogP contribution is -2.62. The zero-order valence-electron chi connectivity index (χ0n) is 18.1. The summed E-state index contributed by atoms with van der Waals surface area (Å²) < 4.78 is 102. The molecule has 0 spiro atoms. The molecule has 0 aromatic carbocycles. The van der Waals surface area contributed by atoms with Gasteiger partial charge in [-0.2, -0.15) is 16.8 Å². The molecular weight excluding hydrogens is 584 g/mol. The smallest absolute Gasteiger partial charge is 0.397 e. The molecule has 2 aliphatic rings. The Hall–Kier alpha value is -0.880. The van der Waals surface area contributed by atoms with E-state index in [0.29, 0.717) is 12.0 Å². The first kappa shape index (κ1) is 32.3. The Bertz CT molecular complexity index is 922. The molecule has 0 saturated carbocycles. The SMILES string of the molecule is NCO[C@@H]1OC(COS(=O)(=O)O)[C@@H](O[C@@H]2OC(OC=O)CC(O)[C@@H]2OS(=O)(=O)O)[C@H](O)C1SONOO. The fourth-order valence-corrected chi connectivity index (χ4v) is 4.72. The summed E-state index contributed by atoms with van der Waals surface area (Å²) >= 11 is 0.321. The molecule has 2 heterocycles. The highest BCUT2D eigenvalue weighted by Crippen LogP contribution is 2.35. The molecule has 218 valence electrons. The van der Waals surface area contributed by atoms with Crippen molar-refractivity contribution in [3.8, 4) is 0 Å². The van der Waals surface area contributed by atoms with Crippen molar-refractivity contribution in [1.29, 1.82) is 0 Å². The standard InChI is InChI=1S/C13H24N2O19S3/c14-3-26-13-11(35-34-15-33-19)8(18)10(6(29-13)2-28-36(20,21)22)31-12-9(32-37(23,24)25)5(17)1-7(30-12)27-4-16/h4-13,15,17-19H,1-3,14H2,(H,20,21,22)(H,23,24,25)/t5?,6?,7?,8-,9-,10+,11?,12-,13+/m0/s1. The van der Waals surface area contributed by atoms with Gasteiger partial charge in [0.15, 0.2) is 18.7 Å². The van der Waals surface area contributed by atoms with Crippen molar-refractivity contribution in [2.75, 3.05) is 13.3 Å². The van der Waals surface area contributed by atoms with Crippen molar-refractivity contribution in [2.24, 2.45) is 5.73 Å². The molecule has 2 saturated heterocycles. The Kier molecular flexibility index (Phi) is 12.7. The van der Waals surface area contributed by atoms with Crippen LogP contribution < -0.4 is 11.4 Å². The number of nitrogens with two attached hydrogens (primary N) is 1. The second-order valence-electron chi connectivity index (χ2n) is 6.96. The average molecular weight is 609 g/mol. The Labute approximate surface area is 212 Å². The molecule has 4 unspecified atom stereocenters. The molecule has 0 aromatic rings. The van der Waals surface area contributed by atoms with Crippen LogP contribution in [-0.4, -0.2) is 116 Å². The molecule has 8 N–H and O–H groups in total. The Morgan fingerprint density at radius 1 is 1.08 bits per heavy atom. The Morgan fingerprint density at radius 2 is 1.78 bits per heavy atom. The van der Waals surface area contributed by atoms with E-state index in [0.717, 1.165) is 0 Å². The van der Waals surface area contributed by atoms with Crippen molar-refractivity contribution < 1.29 is 87.5 Å². The lowest BCUT2D eigenvalue weighted by molar-refractivity contribution is -0.348. The third-order valence-electron chi connectivity index (χ3n) is 4.59. The normalized spacial score (nSPS) is 35.2. The van der Waals surface area contributed by atoms with Gasteiger partial charge < -0.3 is 39.6 Å². The maximum absolute atomic E-state index is 11.3. The molecule has 2 fully saturated rings. The molecule has 0 amide bonds. The Morgan fingerprint density at radius 3 is 2.35 bits per heavy atom. The van der Waals surface area contributed by atoms with Gasteiger partial charge in [-0.05, 0) is 5.64 Å². The van der Waals surface area contributed by atoms with Crippen molar-refractivity contribution in [3.63, 3.8) is 0 Å². The fraction of sp³-hybridized carbons (Fsp3) is 0.923. The van der Waals surface area contributed by atoms with Gasteiger partial charge in [0.05, 0.1) is 19.4 Å². The average Bonchev–Trinajstić information content (AvgIpc) is 2.78. The highest BCUT2D eigenvalue weighted by Gasteiger charge is 2.52. The van der Waals surface area contributed by atoms with E-state index in [1.807, 2.05) is 0 Å². The van der Waals surface area contributed by atoms with Crippen LogP contribution in [0.1, 0.15) is 6.42 Å². The molecule has 0 radical (unpaired) electrons. The number of ether oxygens (including phenoxy) is 5. The summed E-state index contributed by atoms with van der Waals surface area (Å²) in [7, 11) is -10.3. The van der Waals surface area contributed by atoms with E-state index in [2.05, 4.69) is 22.4 Å². The number of aliphatic hydroxyl groups is 2. The molecule has 2 aliphatic heterocycles. The van der Waals surface area contributed by atoms with E-state index >= 15 is 0 Å². The third kappa shape index (κ3) is 10.3. The van der Waals surface area contributed by atoms with Crippen LogP contribution >= 0.6 is 12.0 Å². The van der Waals surface area contributed by atoms with Crippen LogP contribution in [0, 0.1) is 0 Å². The van der Waals surface area contributed by atoms with Crippen LogP contribution in [0.25, 0.3) is 0 Å². The van der Waals surface area contributed by atoms with Gasteiger partial charge in [-0.25, -0.2) is 17.9 Å². The summed E-state index contributed by atoms with van der Waals surface area (Å²) in [4.78, 5) is 14.2. The minimum absolute atomic E-state index is 0.0608. The maximum atomic E-state index is 11.3. The van der Waals surface area contributed by atoms with Gasteiger partial charge in [0.2, 0.25) is 6.29 Å². The number of aliphatic hydroxyl groups excluding tert-OH is 2. The van der Waals surface area contributed by atoms with E-state index in [-0.39, 0.29) is 6.47 Å². The summed E-state index contributed by atoms with van der Waals surface area (Å²) in [6.45, 7) is -1.59. The molecule has 9 atom stereocenters. The molecule has 0 aliphatic carbocycles. The predicted molar refractivity (Wildman–Crippen MR) is 109 cm³/mol. The second kappa shape index (κ2) is 14.5. The summed E-state index contributed by atoms with van der Waals surface area (Å²) in [5.74, 6) is 0. The molecule has 37 heavy (non-hydrogen) atoms. The molecule has 2 rings (SSSR count). The molecular formula is C13H24N2O19S3. The zero-order valence-corrected chi connectivity index (χ0v) is 20.6. The highest BCUT2D eigenvalue weighted by molar-refractivity contribution is 7.95. The Balaban J connectivity index is 2.38. The number of hydrogen-bond donors (Lipinski definition) is 7. The van der Waals surface area contributed by atoms with E-state index in [9.17, 15) is 31.8 Å². The van der Waals surface area contributed by atoms with Crippen LogP contribution in [0.5, 0.6) is 0 Å². The van der Waals surface area contributed by atoms with Gasteiger partial charge >= 0.3 is 20.8 Å². The second-order valence-corrected chi connectivity index (χ2v) is 10.00. The van der Waals surface area contributed by atoms with E-state index in [1.165, 1.54) is 0 Å². The quantitative estimate of drug-likeness (QED) is 0.0177. The molecule has 0 aromatic heterocycles. The van der Waals surface area contributed by atoms with Crippen molar-refractivity contribution in [3.05, 3.63) is 0 Å². The van der Waals surface area contributed by atoms with Crippen LogP contribution in [0.4, 0.5) is 0 Å². The number of nitrogens with one attached hydrogen (secondary N) is 1. The fourth-order valence-electron chi connectivity index (χ4n) is 3.23. The lowest BCUT2D eigenvalue weighted by Gasteiger charge is -2.45. The minimum Gasteiger partial charge on any atom is -0.438 e. The predicted octanol–water partition coefficient (Wildman–Crippen LogP) is -4.05. The van der Waals surface area contributed by atoms with Crippen molar-refractivity contribution in [2.45, 2.75) is 61.1 Å². The number of rotatable bonds is 15. The first-order valence-electron chi connectivity index (χ1n) is 9.68. The first-order valence-corrected chi connectivity index (χ1v) is 13.2. The van der Waals surface area contributed by atoms with Gasteiger partial charge in [0, 0.05) is 18.5 Å². The summed E-state index contributed by atoms with van der Waals surface area (Å²) in [5.41, 5.74) is 6.89. The van der Waals surface area contributed by atoms with Crippen molar-refractivity contribution in [1.82, 2.24) is 5.64 Å². The van der Waals surface area contributed by atoms with Crippen LogP contribution in [-0.2, 0) is 66.9 Å². The van der Waals surface area contributed by atoms with E-state index < -0.39 is 95.2 Å². The zero-order chi connectivity index (χ0) is 27.8. The molecule has 24 heteroatoms. The van der Waals surface area contributed by atoms with Gasteiger partial charge in [-0.3, -0.25) is 13.9 Å². The van der Waals surface area contributed by atoms with E-state index in [4.69, 9.17) is 39.0 Å². The number of hydrogen-bond acceptors (Lipinski definition) is 20. The maximum Gasteiger partial charge on any atom is 0.397 e. The van der Waals surface area contributed by atoms with Crippen LogP contribution in [0.2, 0.25) is 0 Å². The third-order valence-corrected chi connectivity index (χ3v) is 6.37. The van der Waals surface area contributed by atoms with Crippen LogP contribution in [0.15, 0.2) is 0 Å². The first-order chi connectivity index (χ1) is 17.3. The largest absolute Gasteiger partial charge is 0.438 e. The van der Waals surface area contributed by atoms with E-state index in [1.54, 1.807) is 5.64 Å². The summed E-state index contributed by atoms with van der Waals surface area (Å²) in [6.07, 6.45) is -14.7. The summed E-state index contributed by atoms with van der Waals surface area (Å²) in [6, 6.07) is 0. The van der Waals surface area contributed by atoms with Crippen molar-refractivity contribution >= 4 is 39.3 Å². The van der Waals surface area contributed by atoms with Gasteiger partial charge in [0.25, 0.3) is 6.47 Å². The molecule has 0 bridgehead atoms. The highest BCUT2D eigenvalue weighted by atomic mass is 32.3. The van der Waals surface area contributed by atoms with Crippen LogP contribution in [0.3, 0.4) is 0 Å². The lowest BCUT2D eigenvalue weighted by atomic mass is 10.00. The minimum atomic E-state index is -5.22. The summed E-state index contributed by atoms with van der Waals surface area (Å²) in [5, 5.41) is 28.2. The monoisotopic (exact) mass is 608 g/mol. The topological polar surface area (TPSA) is 308 Å². The van der Waals surface area contributed by atoms with Gasteiger partial charge in [-0.15, -0.1) is 4.99 Å². The number of carbonyl (C=O) groups excluding carboxylic acids is 1. The molecule has 21 nitrogen and oxygen atoms in total.